The van der Waals surface area contributed by atoms with Crippen LogP contribution in [0.4, 0.5) is 0 Å². The van der Waals surface area contributed by atoms with Crippen LogP contribution >= 0.6 is 0 Å². The quantitative estimate of drug-likeness (QED) is 0.804. The lowest BCUT2D eigenvalue weighted by Gasteiger charge is -2.36. The third kappa shape index (κ3) is 2.07. The van der Waals surface area contributed by atoms with E-state index in [1.807, 2.05) is 0 Å². The monoisotopic (exact) mass is 272 g/mol. The van der Waals surface area contributed by atoms with Crippen molar-refractivity contribution >= 4 is 0 Å². The second-order valence-electron chi connectivity index (χ2n) is 6.43. The number of hydrogen-bond acceptors (Lipinski definition) is 4. The predicted octanol–water partition coefficient (Wildman–Crippen LogP) is 0.747. The molecule has 2 fully saturated rings. The minimum Gasteiger partial charge on any atom is -0.352 e. The van der Waals surface area contributed by atoms with E-state index in [-0.39, 0.29) is 0 Å². The zero-order valence-corrected chi connectivity index (χ0v) is 12.0. The highest BCUT2D eigenvalue weighted by molar-refractivity contribution is 5.42. The van der Waals surface area contributed by atoms with Crippen molar-refractivity contribution in [3.63, 3.8) is 0 Å². The predicted molar refractivity (Wildman–Crippen MR) is 81.0 cm³/mol. The molecule has 2 saturated heterocycles. The van der Waals surface area contributed by atoms with Gasteiger partial charge in [0.2, 0.25) is 0 Å². The number of piperidine rings is 1. The molecule has 0 aromatic rings. The van der Waals surface area contributed by atoms with Crippen molar-refractivity contribution in [2.24, 2.45) is 5.73 Å². The van der Waals surface area contributed by atoms with Crippen LogP contribution < -0.4 is 5.73 Å². The standard InChI is InChI=1S/C16H24N4/c17-14-5-9-18(10-6-14)11-15-12-19-7-1-3-13-4-2-8-20(15)16(13)19/h1-4,14-15H,5-12,17H2/t15-/m1/s1. The smallest absolute Gasteiger partial charge is 0.112 e. The molecule has 4 nitrogen and oxygen atoms in total. The Kier molecular flexibility index (Phi) is 3.08. The molecule has 0 bridgehead atoms. The summed E-state index contributed by atoms with van der Waals surface area (Å²) in [6.07, 6.45) is 11.5. The molecule has 0 amide bonds. The average molecular weight is 272 g/mol. The summed E-state index contributed by atoms with van der Waals surface area (Å²) in [4.78, 5) is 7.75. The molecule has 4 aliphatic heterocycles. The second kappa shape index (κ2) is 4.93. The SMILES string of the molecule is NC1CCN(C[C@@H]2CN3CC=CC4=C3N2CC=C4)CC1. The molecule has 20 heavy (non-hydrogen) atoms. The fourth-order valence-corrected chi connectivity index (χ4v) is 3.93. The molecule has 4 aliphatic rings. The first kappa shape index (κ1) is 12.5. The maximum absolute atomic E-state index is 6.01. The Morgan fingerprint density at radius 3 is 2.65 bits per heavy atom. The van der Waals surface area contributed by atoms with Gasteiger partial charge in [-0.15, -0.1) is 0 Å². The van der Waals surface area contributed by atoms with Crippen molar-refractivity contribution in [1.82, 2.24) is 14.7 Å². The molecule has 0 aliphatic carbocycles. The number of nitrogens with two attached hydrogens (primary N) is 1. The molecule has 0 aromatic carbocycles. The van der Waals surface area contributed by atoms with Gasteiger partial charge in [0, 0.05) is 37.8 Å². The van der Waals surface area contributed by atoms with Crippen LogP contribution in [0.15, 0.2) is 35.7 Å². The molecule has 4 heteroatoms. The maximum Gasteiger partial charge on any atom is 0.112 e. The number of nitrogens with zero attached hydrogens (tertiary/aromatic N) is 3. The Labute approximate surface area is 121 Å². The Hall–Kier alpha value is -1.26. The van der Waals surface area contributed by atoms with Gasteiger partial charge in [0.25, 0.3) is 0 Å². The van der Waals surface area contributed by atoms with Gasteiger partial charge in [0.15, 0.2) is 0 Å². The molecule has 4 rings (SSSR count). The van der Waals surface area contributed by atoms with E-state index in [2.05, 4.69) is 39.0 Å². The summed E-state index contributed by atoms with van der Waals surface area (Å²) >= 11 is 0. The summed E-state index contributed by atoms with van der Waals surface area (Å²) in [5.74, 6) is 1.47. The van der Waals surface area contributed by atoms with Gasteiger partial charge in [-0.05, 0) is 25.9 Å². The molecular formula is C16H24N4. The van der Waals surface area contributed by atoms with Gasteiger partial charge >= 0.3 is 0 Å². The highest BCUT2D eigenvalue weighted by atomic mass is 15.4. The van der Waals surface area contributed by atoms with Gasteiger partial charge in [-0.25, -0.2) is 0 Å². The minimum absolute atomic E-state index is 0.428. The lowest BCUT2D eigenvalue weighted by atomic mass is 10.1. The zero-order valence-electron chi connectivity index (χ0n) is 12.0. The maximum atomic E-state index is 6.01. The van der Waals surface area contributed by atoms with Crippen molar-refractivity contribution in [3.05, 3.63) is 35.7 Å². The van der Waals surface area contributed by atoms with Crippen LogP contribution in [-0.2, 0) is 0 Å². The van der Waals surface area contributed by atoms with Gasteiger partial charge < -0.3 is 20.4 Å². The topological polar surface area (TPSA) is 35.7 Å². The Morgan fingerprint density at radius 1 is 1.10 bits per heavy atom. The third-order valence-electron chi connectivity index (χ3n) is 5.03. The summed E-state index contributed by atoms with van der Waals surface area (Å²) in [6, 6.07) is 1.07. The molecule has 108 valence electrons. The van der Waals surface area contributed by atoms with Crippen LogP contribution in [-0.4, -0.2) is 66.1 Å². The van der Waals surface area contributed by atoms with E-state index in [1.165, 1.54) is 37.6 Å². The fourth-order valence-electron chi connectivity index (χ4n) is 3.93. The highest BCUT2D eigenvalue weighted by Gasteiger charge is 2.37. The Bertz CT molecular complexity index is 467. The molecule has 0 aromatic heterocycles. The van der Waals surface area contributed by atoms with Crippen molar-refractivity contribution < 1.29 is 0 Å². The summed E-state index contributed by atoms with van der Waals surface area (Å²) in [5, 5.41) is 0. The first-order valence-electron chi connectivity index (χ1n) is 7.88. The first-order valence-corrected chi connectivity index (χ1v) is 7.88. The van der Waals surface area contributed by atoms with E-state index in [1.54, 1.807) is 0 Å². The van der Waals surface area contributed by atoms with E-state index in [4.69, 9.17) is 5.73 Å². The summed E-state index contributed by atoms with van der Waals surface area (Å²) in [6.45, 7) is 6.85. The number of hydrogen-bond donors (Lipinski definition) is 1. The van der Waals surface area contributed by atoms with E-state index < -0.39 is 0 Å². The first-order chi connectivity index (χ1) is 9.81. The van der Waals surface area contributed by atoms with Crippen LogP contribution in [0.1, 0.15) is 12.8 Å². The van der Waals surface area contributed by atoms with Crippen LogP contribution in [0.25, 0.3) is 0 Å². The number of likely N-dealkylation sites (tertiary alicyclic amines) is 1. The van der Waals surface area contributed by atoms with E-state index in [0.29, 0.717) is 12.1 Å². The summed E-state index contributed by atoms with van der Waals surface area (Å²) in [7, 11) is 0. The zero-order chi connectivity index (χ0) is 13.5. The van der Waals surface area contributed by atoms with Crippen LogP contribution in [0.2, 0.25) is 0 Å². The van der Waals surface area contributed by atoms with Crippen LogP contribution in [0, 0.1) is 0 Å². The van der Waals surface area contributed by atoms with Gasteiger partial charge in [-0.1, -0.05) is 24.3 Å². The molecule has 4 heterocycles. The molecule has 0 spiro atoms. The Balaban J connectivity index is 1.47. The lowest BCUT2D eigenvalue weighted by Crippen LogP contribution is -2.46. The van der Waals surface area contributed by atoms with Gasteiger partial charge in [0.05, 0.1) is 6.04 Å². The molecule has 1 atom stereocenters. The molecular weight excluding hydrogens is 248 g/mol. The van der Waals surface area contributed by atoms with Gasteiger partial charge in [0.1, 0.15) is 5.82 Å². The largest absolute Gasteiger partial charge is 0.352 e. The highest BCUT2D eigenvalue weighted by Crippen LogP contribution is 2.33. The average Bonchev–Trinajstić information content (AvgIpc) is 2.82. The molecule has 0 radical (unpaired) electrons. The number of allylic oxidation sites excluding steroid dienone is 3. The third-order valence-corrected chi connectivity index (χ3v) is 5.03. The molecule has 0 saturated carbocycles. The van der Waals surface area contributed by atoms with E-state index in [0.717, 1.165) is 25.9 Å². The van der Waals surface area contributed by atoms with Crippen molar-refractivity contribution in [1.29, 1.82) is 0 Å². The Morgan fingerprint density at radius 2 is 1.85 bits per heavy atom. The van der Waals surface area contributed by atoms with Crippen LogP contribution in [0.5, 0.6) is 0 Å². The van der Waals surface area contributed by atoms with Crippen molar-refractivity contribution in [2.45, 2.75) is 24.9 Å². The summed E-state index contributed by atoms with van der Waals surface area (Å²) in [5.41, 5.74) is 7.41. The summed E-state index contributed by atoms with van der Waals surface area (Å²) < 4.78 is 0. The van der Waals surface area contributed by atoms with E-state index >= 15 is 0 Å². The van der Waals surface area contributed by atoms with Crippen molar-refractivity contribution in [2.75, 3.05) is 39.3 Å². The molecule has 0 unspecified atom stereocenters. The van der Waals surface area contributed by atoms with Gasteiger partial charge in [-0.2, -0.15) is 0 Å². The van der Waals surface area contributed by atoms with Crippen molar-refractivity contribution in [3.8, 4) is 0 Å². The van der Waals surface area contributed by atoms with Gasteiger partial charge in [-0.3, -0.25) is 0 Å². The second-order valence-corrected chi connectivity index (χ2v) is 6.43. The fraction of sp³-hybridized carbons (Fsp3) is 0.625. The minimum atomic E-state index is 0.428. The van der Waals surface area contributed by atoms with E-state index in [9.17, 15) is 0 Å². The number of rotatable bonds is 2. The molecule has 2 N–H and O–H groups in total. The van der Waals surface area contributed by atoms with Crippen LogP contribution in [0.3, 0.4) is 0 Å². The lowest BCUT2D eigenvalue weighted by molar-refractivity contribution is 0.166. The normalized spacial score (nSPS) is 30.4.